The molecule has 1 amide bonds. The van der Waals surface area contributed by atoms with Crippen molar-refractivity contribution in [3.63, 3.8) is 0 Å². The minimum atomic E-state index is -0.674. The Balaban J connectivity index is 1.37. The summed E-state index contributed by atoms with van der Waals surface area (Å²) in [5.41, 5.74) is 2.71. The van der Waals surface area contributed by atoms with E-state index in [4.69, 9.17) is 9.73 Å². The third-order valence-electron chi connectivity index (χ3n) is 6.95. The fraction of sp³-hybridized carbons (Fsp3) is 0.321. The lowest BCUT2D eigenvalue weighted by molar-refractivity contribution is -0.136. The van der Waals surface area contributed by atoms with Crippen LogP contribution in [0.2, 0.25) is 0 Å². The smallest absolute Gasteiger partial charge is 0.338 e. The van der Waals surface area contributed by atoms with E-state index in [1.807, 2.05) is 22.1 Å². The maximum Gasteiger partial charge on any atom is 0.338 e. The van der Waals surface area contributed by atoms with E-state index in [2.05, 4.69) is 0 Å². The van der Waals surface area contributed by atoms with Crippen molar-refractivity contribution in [2.45, 2.75) is 25.8 Å². The number of halogens is 2. The second kappa shape index (κ2) is 11.0. The number of allylic oxidation sites excluding steroid dienone is 1. The van der Waals surface area contributed by atoms with E-state index in [0.717, 1.165) is 0 Å². The number of amidine groups is 1. The summed E-state index contributed by atoms with van der Waals surface area (Å²) in [4.78, 5) is 36.6. The first kappa shape index (κ1) is 26.0. The SMILES string of the molecule is CCC1=C(C(=O)OC)[C@H](c2cccc(F)c2)N2C(CC(=O)N3CCN(c4ccccc4F)CC3)=CSC2=N1. The topological polar surface area (TPSA) is 65.5 Å². The molecule has 1 saturated heterocycles. The molecule has 0 aliphatic carbocycles. The van der Waals surface area contributed by atoms with Crippen LogP contribution < -0.4 is 4.90 Å². The van der Waals surface area contributed by atoms with E-state index in [-0.39, 0.29) is 18.1 Å². The first-order valence-electron chi connectivity index (χ1n) is 12.5. The van der Waals surface area contributed by atoms with Gasteiger partial charge in [0.2, 0.25) is 5.91 Å². The molecule has 7 nitrogen and oxygen atoms in total. The number of anilines is 1. The highest BCUT2D eigenvalue weighted by molar-refractivity contribution is 8.16. The number of ether oxygens (including phenoxy) is 1. The van der Waals surface area contributed by atoms with Crippen LogP contribution in [0.1, 0.15) is 31.4 Å². The van der Waals surface area contributed by atoms with Gasteiger partial charge in [0.25, 0.3) is 0 Å². The highest BCUT2D eigenvalue weighted by Crippen LogP contribution is 2.45. The number of fused-ring (bicyclic) bond motifs is 1. The van der Waals surface area contributed by atoms with E-state index in [1.165, 1.54) is 37.1 Å². The maximum atomic E-state index is 14.3. The van der Waals surface area contributed by atoms with Gasteiger partial charge in [-0.2, -0.15) is 0 Å². The van der Waals surface area contributed by atoms with Crippen molar-refractivity contribution >= 4 is 34.5 Å². The molecule has 5 rings (SSSR count). The summed E-state index contributed by atoms with van der Waals surface area (Å²) in [5.74, 6) is -1.31. The van der Waals surface area contributed by atoms with Crippen LogP contribution in [-0.2, 0) is 14.3 Å². The van der Waals surface area contributed by atoms with Crippen LogP contribution in [0.4, 0.5) is 14.5 Å². The Labute approximate surface area is 224 Å². The molecular weight excluding hydrogens is 510 g/mol. The Morgan fingerprint density at radius 3 is 2.53 bits per heavy atom. The van der Waals surface area contributed by atoms with Gasteiger partial charge in [-0.15, -0.1) is 0 Å². The molecule has 10 heteroatoms. The Bertz CT molecular complexity index is 1350. The lowest BCUT2D eigenvalue weighted by Gasteiger charge is -2.38. The van der Waals surface area contributed by atoms with Gasteiger partial charge in [0, 0.05) is 31.9 Å². The number of nitrogens with zero attached hydrogens (tertiary/aromatic N) is 4. The van der Waals surface area contributed by atoms with Gasteiger partial charge in [-0.25, -0.2) is 18.6 Å². The predicted octanol–water partition coefficient (Wildman–Crippen LogP) is 4.84. The molecule has 0 radical (unpaired) electrons. The van der Waals surface area contributed by atoms with Crippen LogP contribution in [0.5, 0.6) is 0 Å². The summed E-state index contributed by atoms with van der Waals surface area (Å²) in [6.45, 7) is 3.89. The van der Waals surface area contributed by atoms with E-state index in [0.29, 0.717) is 66.0 Å². The van der Waals surface area contributed by atoms with E-state index < -0.39 is 17.8 Å². The molecule has 1 atom stereocenters. The first-order valence-corrected chi connectivity index (χ1v) is 13.4. The van der Waals surface area contributed by atoms with Crippen molar-refractivity contribution in [2.24, 2.45) is 4.99 Å². The maximum absolute atomic E-state index is 14.3. The third-order valence-corrected chi connectivity index (χ3v) is 7.84. The minimum absolute atomic E-state index is 0.0749. The van der Waals surface area contributed by atoms with Crippen molar-refractivity contribution in [2.75, 3.05) is 38.2 Å². The summed E-state index contributed by atoms with van der Waals surface area (Å²) in [6.07, 6.45) is 0.585. The van der Waals surface area contributed by atoms with Crippen LogP contribution in [0.25, 0.3) is 0 Å². The Morgan fingerprint density at radius 2 is 1.84 bits per heavy atom. The van der Waals surface area contributed by atoms with Gasteiger partial charge in [0.05, 0.1) is 36.5 Å². The van der Waals surface area contributed by atoms with Crippen LogP contribution in [-0.4, -0.2) is 60.1 Å². The van der Waals surface area contributed by atoms with E-state index in [9.17, 15) is 18.4 Å². The molecule has 0 bridgehead atoms. The number of hydrogen-bond acceptors (Lipinski definition) is 7. The number of piperazine rings is 1. The number of para-hydroxylation sites is 1. The standard InChI is InChI=1S/C28H28F2N4O3S/c1-3-22-25(27(36)37-2)26(18-7-6-8-19(29)15-18)34-20(17-38-28(34)31-22)16-24(35)33-13-11-32(12-14-33)23-10-5-4-9-21(23)30/h4-10,15,17,26H,3,11-14,16H2,1-2H3/t26-/m0/s1. The molecular formula is C28H28F2N4O3S. The van der Waals surface area contributed by atoms with Crippen molar-refractivity contribution < 1.29 is 23.1 Å². The van der Waals surface area contributed by atoms with Gasteiger partial charge in [-0.05, 0) is 41.7 Å². The Hall–Kier alpha value is -3.66. The fourth-order valence-corrected chi connectivity index (χ4v) is 6.01. The molecule has 1 fully saturated rings. The van der Waals surface area contributed by atoms with Gasteiger partial charge in [0.1, 0.15) is 11.6 Å². The number of benzene rings is 2. The van der Waals surface area contributed by atoms with Gasteiger partial charge in [0.15, 0.2) is 5.17 Å². The lowest BCUT2D eigenvalue weighted by Crippen LogP contribution is -2.49. The second-order valence-electron chi connectivity index (χ2n) is 9.15. The largest absolute Gasteiger partial charge is 0.466 e. The van der Waals surface area contributed by atoms with E-state index in [1.54, 1.807) is 35.2 Å². The van der Waals surface area contributed by atoms with Crippen LogP contribution in [0.3, 0.4) is 0 Å². The average Bonchev–Trinajstić information content (AvgIpc) is 3.33. The van der Waals surface area contributed by atoms with Crippen molar-refractivity contribution in [1.29, 1.82) is 0 Å². The summed E-state index contributed by atoms with van der Waals surface area (Å²) >= 11 is 1.38. The number of esters is 1. The molecule has 38 heavy (non-hydrogen) atoms. The molecule has 0 spiro atoms. The highest BCUT2D eigenvalue weighted by Gasteiger charge is 2.42. The Morgan fingerprint density at radius 1 is 1.08 bits per heavy atom. The number of carbonyl (C=O) groups is 2. The number of carbonyl (C=O) groups excluding carboxylic acids is 2. The fourth-order valence-electron chi connectivity index (χ4n) is 5.08. The highest BCUT2D eigenvalue weighted by atomic mass is 32.2. The normalized spacial score (nSPS) is 19.3. The molecule has 3 aliphatic heterocycles. The lowest BCUT2D eigenvalue weighted by atomic mass is 9.92. The molecule has 0 unspecified atom stereocenters. The Kier molecular flexibility index (Phi) is 7.51. The zero-order valence-corrected chi connectivity index (χ0v) is 22.0. The molecule has 3 aliphatic rings. The van der Waals surface area contributed by atoms with Gasteiger partial charge < -0.3 is 19.4 Å². The van der Waals surface area contributed by atoms with Crippen LogP contribution >= 0.6 is 11.8 Å². The quantitative estimate of drug-likeness (QED) is 0.491. The number of amides is 1. The summed E-state index contributed by atoms with van der Waals surface area (Å²) in [7, 11) is 1.31. The summed E-state index contributed by atoms with van der Waals surface area (Å²) in [6, 6.07) is 12.1. The van der Waals surface area contributed by atoms with E-state index >= 15 is 0 Å². The predicted molar refractivity (Wildman–Crippen MR) is 143 cm³/mol. The molecule has 0 saturated carbocycles. The number of aliphatic imine (C=N–C) groups is 1. The number of rotatable bonds is 6. The molecule has 2 aromatic carbocycles. The van der Waals surface area contributed by atoms with Crippen molar-refractivity contribution in [1.82, 2.24) is 9.80 Å². The molecule has 0 N–H and O–H groups in total. The minimum Gasteiger partial charge on any atom is -0.466 e. The summed E-state index contributed by atoms with van der Waals surface area (Å²) in [5, 5.41) is 2.50. The number of methoxy groups -OCH3 is 1. The number of hydrogen-bond donors (Lipinski definition) is 0. The molecule has 198 valence electrons. The van der Waals surface area contributed by atoms with Crippen molar-refractivity contribution in [3.8, 4) is 0 Å². The van der Waals surface area contributed by atoms with Gasteiger partial charge in [-0.1, -0.05) is 43.0 Å². The monoisotopic (exact) mass is 538 g/mol. The van der Waals surface area contributed by atoms with Gasteiger partial charge in [-0.3, -0.25) is 4.79 Å². The molecule has 3 heterocycles. The second-order valence-corrected chi connectivity index (χ2v) is 9.99. The molecule has 0 aromatic heterocycles. The first-order chi connectivity index (χ1) is 18.4. The third kappa shape index (κ3) is 4.92. The zero-order chi connectivity index (χ0) is 26.8. The average molecular weight is 539 g/mol. The molecule has 2 aromatic rings. The van der Waals surface area contributed by atoms with Gasteiger partial charge >= 0.3 is 5.97 Å². The zero-order valence-electron chi connectivity index (χ0n) is 21.2. The summed E-state index contributed by atoms with van der Waals surface area (Å²) < 4.78 is 33.6. The number of thioether (sulfide) groups is 1. The van der Waals surface area contributed by atoms with Crippen molar-refractivity contribution in [3.05, 3.63) is 88.1 Å². The van der Waals surface area contributed by atoms with Crippen LogP contribution in [0.15, 0.2) is 75.9 Å². The van der Waals surface area contributed by atoms with Crippen LogP contribution in [0, 0.1) is 11.6 Å².